The molecule has 0 aromatic carbocycles. The zero-order valence-corrected chi connectivity index (χ0v) is 7.81. The van der Waals surface area contributed by atoms with E-state index >= 15 is 0 Å². The van der Waals surface area contributed by atoms with Gasteiger partial charge in [0.1, 0.15) is 5.54 Å². The number of esters is 1. The minimum Gasteiger partial charge on any atom is -0.464 e. The van der Waals surface area contributed by atoms with E-state index in [9.17, 15) is 4.79 Å². The summed E-state index contributed by atoms with van der Waals surface area (Å²) in [5.41, 5.74) is 0.519. The van der Waals surface area contributed by atoms with Crippen molar-refractivity contribution in [2.24, 2.45) is 0 Å². The average molecular weight is 169 g/mol. The lowest BCUT2D eigenvalue weighted by Crippen LogP contribution is -2.46. The van der Waals surface area contributed by atoms with Crippen molar-refractivity contribution in [2.45, 2.75) is 32.7 Å². The molecule has 68 valence electrons. The van der Waals surface area contributed by atoms with Gasteiger partial charge in [0.15, 0.2) is 0 Å². The second kappa shape index (κ2) is 3.17. The molecule has 0 bridgehead atoms. The van der Waals surface area contributed by atoms with Crippen molar-refractivity contribution in [1.82, 2.24) is 5.32 Å². The second-order valence-electron chi connectivity index (χ2n) is 3.27. The molecule has 0 spiro atoms. The lowest BCUT2D eigenvalue weighted by atomic mass is 10.0. The molecule has 0 amide bonds. The molecule has 12 heavy (non-hydrogen) atoms. The van der Waals surface area contributed by atoms with Crippen LogP contribution in [0.1, 0.15) is 27.2 Å². The number of allylic oxidation sites excluding steroid dienone is 1. The Morgan fingerprint density at radius 3 is 2.92 bits per heavy atom. The number of hydrogen-bond donors (Lipinski definition) is 1. The van der Waals surface area contributed by atoms with E-state index in [-0.39, 0.29) is 5.97 Å². The fraction of sp³-hybridized carbons (Fsp3) is 0.667. The van der Waals surface area contributed by atoms with Gasteiger partial charge in [-0.25, -0.2) is 4.79 Å². The maximum Gasteiger partial charge on any atom is 0.331 e. The average Bonchev–Trinajstić information content (AvgIpc) is 2.33. The molecule has 3 nitrogen and oxygen atoms in total. The third-order valence-corrected chi connectivity index (χ3v) is 2.02. The molecule has 1 rings (SSSR count). The zero-order chi connectivity index (χ0) is 9.19. The van der Waals surface area contributed by atoms with Gasteiger partial charge in [0.25, 0.3) is 0 Å². The predicted octanol–water partition coefficient (Wildman–Crippen LogP) is 1.21. The number of nitrogens with one attached hydrogen (secondary N) is 1. The van der Waals surface area contributed by atoms with Gasteiger partial charge < -0.3 is 10.1 Å². The number of ether oxygens (including phenoxy) is 1. The van der Waals surface area contributed by atoms with Crippen LogP contribution in [0, 0.1) is 0 Å². The van der Waals surface area contributed by atoms with Gasteiger partial charge in [-0.05, 0) is 20.8 Å². The van der Waals surface area contributed by atoms with Crippen molar-refractivity contribution in [3.05, 3.63) is 11.8 Å². The Labute approximate surface area is 72.8 Å². The molecule has 0 aromatic heterocycles. The quantitative estimate of drug-likeness (QED) is 0.631. The van der Waals surface area contributed by atoms with Crippen molar-refractivity contribution in [1.29, 1.82) is 0 Å². The van der Waals surface area contributed by atoms with Gasteiger partial charge in [-0.15, -0.1) is 0 Å². The highest BCUT2D eigenvalue weighted by molar-refractivity contribution is 5.81. The Morgan fingerprint density at radius 1 is 1.83 bits per heavy atom. The first-order chi connectivity index (χ1) is 5.58. The van der Waals surface area contributed by atoms with Crippen molar-refractivity contribution >= 4 is 5.97 Å². The smallest absolute Gasteiger partial charge is 0.331 e. The molecule has 0 aliphatic carbocycles. The van der Waals surface area contributed by atoms with Crippen LogP contribution < -0.4 is 5.32 Å². The molecule has 0 saturated carbocycles. The predicted molar refractivity (Wildman–Crippen MR) is 46.5 cm³/mol. The Hall–Kier alpha value is -0.990. The molecule has 1 N–H and O–H groups in total. The summed E-state index contributed by atoms with van der Waals surface area (Å²) in [7, 11) is 0. The summed E-state index contributed by atoms with van der Waals surface area (Å²) < 4.78 is 4.94. The van der Waals surface area contributed by atoms with E-state index in [2.05, 4.69) is 5.32 Å². The van der Waals surface area contributed by atoms with Crippen LogP contribution in [-0.2, 0) is 9.53 Å². The van der Waals surface area contributed by atoms with E-state index in [0.717, 1.165) is 12.1 Å². The first-order valence-corrected chi connectivity index (χ1v) is 4.20. The van der Waals surface area contributed by atoms with Crippen LogP contribution in [0.2, 0.25) is 0 Å². The summed E-state index contributed by atoms with van der Waals surface area (Å²) >= 11 is 0. The van der Waals surface area contributed by atoms with E-state index < -0.39 is 5.54 Å². The van der Waals surface area contributed by atoms with E-state index in [4.69, 9.17) is 4.74 Å². The van der Waals surface area contributed by atoms with Crippen molar-refractivity contribution in [3.8, 4) is 0 Å². The van der Waals surface area contributed by atoms with Gasteiger partial charge in [0.2, 0.25) is 0 Å². The normalized spacial score (nSPS) is 27.8. The van der Waals surface area contributed by atoms with Gasteiger partial charge in [0.05, 0.1) is 6.61 Å². The van der Waals surface area contributed by atoms with Gasteiger partial charge in [-0.1, -0.05) is 6.08 Å². The van der Waals surface area contributed by atoms with E-state index in [1.807, 2.05) is 26.8 Å². The van der Waals surface area contributed by atoms with Gasteiger partial charge in [0, 0.05) is 12.1 Å². The molecule has 0 saturated heterocycles. The Morgan fingerprint density at radius 2 is 2.50 bits per heavy atom. The topological polar surface area (TPSA) is 38.3 Å². The fourth-order valence-electron chi connectivity index (χ4n) is 1.32. The molecular formula is C9H15NO2. The van der Waals surface area contributed by atoms with Crippen LogP contribution in [0.5, 0.6) is 0 Å². The summed E-state index contributed by atoms with van der Waals surface area (Å²) in [6.45, 7) is 6.06. The minimum atomic E-state index is -0.528. The number of rotatable bonds is 2. The Kier molecular flexibility index (Phi) is 2.40. The van der Waals surface area contributed by atoms with Gasteiger partial charge in [-0.3, -0.25) is 0 Å². The number of carbonyl (C=O) groups excluding carboxylic acids is 1. The highest BCUT2D eigenvalue weighted by atomic mass is 16.5. The fourth-order valence-corrected chi connectivity index (χ4v) is 1.32. The maximum atomic E-state index is 11.4. The summed E-state index contributed by atoms with van der Waals surface area (Å²) in [6.07, 6.45) is 2.73. The summed E-state index contributed by atoms with van der Waals surface area (Å²) in [4.78, 5) is 11.4. The van der Waals surface area contributed by atoms with Crippen molar-refractivity contribution in [2.75, 3.05) is 6.61 Å². The third-order valence-electron chi connectivity index (χ3n) is 2.02. The highest BCUT2D eigenvalue weighted by Crippen LogP contribution is 2.21. The summed E-state index contributed by atoms with van der Waals surface area (Å²) in [5.74, 6) is -0.168. The van der Waals surface area contributed by atoms with E-state index in [1.165, 1.54) is 0 Å². The lowest BCUT2D eigenvalue weighted by Gasteiger charge is -2.23. The molecule has 1 unspecified atom stereocenters. The lowest BCUT2D eigenvalue weighted by molar-refractivity contribution is -0.149. The Bertz CT molecular complexity index is 223. The third kappa shape index (κ3) is 1.60. The molecule has 1 aliphatic rings. The first-order valence-electron chi connectivity index (χ1n) is 4.20. The van der Waals surface area contributed by atoms with Crippen LogP contribution in [0.25, 0.3) is 0 Å². The SMILES string of the molecule is CCOC(=O)C1(C)CC=C(C)N1. The minimum absolute atomic E-state index is 0.168. The molecule has 1 aliphatic heterocycles. The zero-order valence-electron chi connectivity index (χ0n) is 7.81. The van der Waals surface area contributed by atoms with E-state index in [1.54, 1.807) is 0 Å². The monoisotopic (exact) mass is 169 g/mol. The molecule has 3 heteroatoms. The van der Waals surface area contributed by atoms with Gasteiger partial charge >= 0.3 is 5.97 Å². The van der Waals surface area contributed by atoms with Crippen molar-refractivity contribution in [3.63, 3.8) is 0 Å². The molecule has 1 heterocycles. The van der Waals surface area contributed by atoms with E-state index in [0.29, 0.717) is 6.61 Å². The maximum absolute atomic E-state index is 11.4. The second-order valence-corrected chi connectivity index (χ2v) is 3.27. The van der Waals surface area contributed by atoms with Crippen LogP contribution in [0.15, 0.2) is 11.8 Å². The van der Waals surface area contributed by atoms with Crippen LogP contribution in [0.3, 0.4) is 0 Å². The van der Waals surface area contributed by atoms with Crippen LogP contribution >= 0.6 is 0 Å². The van der Waals surface area contributed by atoms with Crippen molar-refractivity contribution < 1.29 is 9.53 Å². The summed E-state index contributed by atoms with van der Waals surface area (Å²) in [6, 6.07) is 0. The molecule has 1 atom stereocenters. The highest BCUT2D eigenvalue weighted by Gasteiger charge is 2.36. The molecule has 0 radical (unpaired) electrons. The number of carbonyl (C=O) groups is 1. The Balaban J connectivity index is 2.57. The molecule has 0 aromatic rings. The van der Waals surface area contributed by atoms with Crippen LogP contribution in [-0.4, -0.2) is 18.1 Å². The largest absolute Gasteiger partial charge is 0.464 e. The molecule has 0 fully saturated rings. The first kappa shape index (κ1) is 9.10. The standard InChI is InChI=1S/C9H15NO2/c1-4-12-8(11)9(3)6-5-7(2)10-9/h5,10H,4,6H2,1-3H3. The molecular weight excluding hydrogens is 154 g/mol. The van der Waals surface area contributed by atoms with Crippen LogP contribution in [0.4, 0.5) is 0 Å². The van der Waals surface area contributed by atoms with Gasteiger partial charge in [-0.2, -0.15) is 0 Å². The number of hydrogen-bond acceptors (Lipinski definition) is 3. The summed E-state index contributed by atoms with van der Waals surface area (Å²) in [5, 5.41) is 3.10.